The van der Waals surface area contributed by atoms with Crippen LogP contribution in [0.15, 0.2) is 0 Å². The van der Waals surface area contributed by atoms with Crippen LogP contribution in [0.5, 0.6) is 0 Å². The van der Waals surface area contributed by atoms with E-state index in [1.54, 1.807) is 11.9 Å². The van der Waals surface area contributed by atoms with Gasteiger partial charge >= 0.3 is 0 Å². The van der Waals surface area contributed by atoms with E-state index in [9.17, 15) is 9.59 Å². The highest BCUT2D eigenvalue weighted by Gasteiger charge is 2.44. The topological polar surface area (TPSA) is 70.7 Å². The smallest absolute Gasteiger partial charge is 0.244 e. The average molecular weight is 297 g/mol. The molecular formula is C15H27N3O3. The van der Waals surface area contributed by atoms with E-state index < -0.39 is 6.04 Å². The van der Waals surface area contributed by atoms with Crippen LogP contribution in [0, 0.1) is 5.41 Å². The van der Waals surface area contributed by atoms with Gasteiger partial charge < -0.3 is 20.3 Å². The summed E-state index contributed by atoms with van der Waals surface area (Å²) in [4.78, 5) is 26.9. The van der Waals surface area contributed by atoms with Crippen LogP contribution < -0.4 is 10.6 Å². The van der Waals surface area contributed by atoms with Gasteiger partial charge in [-0.2, -0.15) is 0 Å². The summed E-state index contributed by atoms with van der Waals surface area (Å²) in [6.45, 7) is 5.19. The lowest BCUT2D eigenvalue weighted by Gasteiger charge is -2.43. The molecule has 2 aliphatic rings. The van der Waals surface area contributed by atoms with Crippen molar-refractivity contribution < 1.29 is 14.3 Å². The van der Waals surface area contributed by atoms with E-state index in [-0.39, 0.29) is 17.2 Å². The van der Waals surface area contributed by atoms with Crippen LogP contribution >= 0.6 is 0 Å². The Hall–Kier alpha value is -1.14. The zero-order valence-corrected chi connectivity index (χ0v) is 13.1. The molecule has 0 aromatic carbocycles. The molecule has 2 saturated heterocycles. The summed E-state index contributed by atoms with van der Waals surface area (Å²) in [6, 6.07) is -0.486. The molecule has 21 heavy (non-hydrogen) atoms. The highest BCUT2D eigenvalue weighted by atomic mass is 16.5. The number of ether oxygens (including phenoxy) is 1. The molecule has 2 amide bonds. The minimum absolute atomic E-state index is 0.136. The Bertz CT molecular complexity index is 375. The minimum atomic E-state index is -0.486. The molecule has 120 valence electrons. The molecule has 0 spiro atoms. The first kappa shape index (κ1) is 16.2. The van der Waals surface area contributed by atoms with Gasteiger partial charge in [0, 0.05) is 13.6 Å². The Labute approximate surface area is 126 Å². The Balaban J connectivity index is 2.19. The Morgan fingerprint density at radius 3 is 2.71 bits per heavy atom. The van der Waals surface area contributed by atoms with Gasteiger partial charge in [0.25, 0.3) is 0 Å². The van der Waals surface area contributed by atoms with E-state index >= 15 is 0 Å². The first-order valence-electron chi connectivity index (χ1n) is 7.96. The van der Waals surface area contributed by atoms with Gasteiger partial charge in [-0.25, -0.2) is 0 Å². The lowest BCUT2D eigenvalue weighted by molar-refractivity contribution is -0.158. The third-order valence-electron chi connectivity index (χ3n) is 4.68. The van der Waals surface area contributed by atoms with Crippen molar-refractivity contribution in [1.29, 1.82) is 0 Å². The van der Waals surface area contributed by atoms with Gasteiger partial charge in [0.2, 0.25) is 11.8 Å². The molecule has 0 aliphatic carbocycles. The molecule has 2 rings (SSSR count). The highest BCUT2D eigenvalue weighted by Crippen LogP contribution is 2.37. The van der Waals surface area contributed by atoms with E-state index in [0.29, 0.717) is 19.8 Å². The summed E-state index contributed by atoms with van der Waals surface area (Å²) in [7, 11) is 1.60. The molecule has 0 radical (unpaired) electrons. The Morgan fingerprint density at radius 1 is 1.38 bits per heavy atom. The lowest BCUT2D eigenvalue weighted by atomic mass is 9.74. The fraction of sp³-hybridized carbons (Fsp3) is 0.867. The summed E-state index contributed by atoms with van der Waals surface area (Å²) in [5.41, 5.74) is -0.302. The largest absolute Gasteiger partial charge is 0.377 e. The predicted molar refractivity (Wildman–Crippen MR) is 79.8 cm³/mol. The maximum Gasteiger partial charge on any atom is 0.244 e. The number of piperidine rings is 1. The molecule has 0 bridgehead atoms. The van der Waals surface area contributed by atoms with E-state index in [1.165, 1.54) is 0 Å². The number of likely N-dealkylation sites (N-methyl/N-ethyl adjacent to an activating group) is 1. The van der Waals surface area contributed by atoms with Crippen LogP contribution in [0.1, 0.15) is 32.6 Å². The van der Waals surface area contributed by atoms with Crippen LogP contribution in [0.4, 0.5) is 0 Å². The van der Waals surface area contributed by atoms with Gasteiger partial charge in [-0.3, -0.25) is 9.59 Å². The second kappa shape index (κ2) is 7.22. The van der Waals surface area contributed by atoms with Crippen LogP contribution in [0.2, 0.25) is 0 Å². The van der Waals surface area contributed by atoms with Crippen molar-refractivity contribution in [2.24, 2.45) is 5.41 Å². The average Bonchev–Trinajstić information content (AvgIpc) is 2.54. The first-order valence-corrected chi connectivity index (χ1v) is 7.96. The van der Waals surface area contributed by atoms with Crippen molar-refractivity contribution >= 4 is 11.8 Å². The number of amides is 2. The van der Waals surface area contributed by atoms with Crippen molar-refractivity contribution in [3.63, 3.8) is 0 Å². The fourth-order valence-corrected chi connectivity index (χ4v) is 3.49. The minimum Gasteiger partial charge on any atom is -0.377 e. The summed E-state index contributed by atoms with van der Waals surface area (Å²) < 4.78 is 5.40. The maximum atomic E-state index is 13.2. The number of nitrogens with one attached hydrogen (secondary N) is 2. The molecule has 2 fully saturated rings. The van der Waals surface area contributed by atoms with Gasteiger partial charge in [-0.1, -0.05) is 13.3 Å². The molecule has 0 aromatic rings. The number of carbonyl (C=O) groups excluding carboxylic acids is 2. The highest BCUT2D eigenvalue weighted by molar-refractivity contribution is 5.90. The SMILES string of the molecule is CCCC1(C(=O)N2CCOCC2C(=O)NC)CCNCC1. The maximum absolute atomic E-state index is 13.2. The van der Waals surface area contributed by atoms with Crippen LogP contribution in [0.25, 0.3) is 0 Å². The number of nitrogens with zero attached hydrogens (tertiary/aromatic N) is 1. The van der Waals surface area contributed by atoms with Gasteiger partial charge in [0.15, 0.2) is 0 Å². The molecule has 2 N–H and O–H groups in total. The monoisotopic (exact) mass is 297 g/mol. The summed E-state index contributed by atoms with van der Waals surface area (Å²) in [6.07, 6.45) is 3.60. The predicted octanol–water partition coefficient (Wildman–Crippen LogP) is 0.130. The molecule has 0 aromatic heterocycles. The number of hydrogen-bond donors (Lipinski definition) is 2. The van der Waals surface area contributed by atoms with Crippen LogP contribution in [-0.2, 0) is 14.3 Å². The van der Waals surface area contributed by atoms with Crippen LogP contribution in [0.3, 0.4) is 0 Å². The summed E-state index contributed by atoms with van der Waals surface area (Å²) in [5.74, 6) is 0.00591. The molecule has 1 atom stereocenters. The zero-order chi connectivity index (χ0) is 15.3. The van der Waals surface area contributed by atoms with Crippen molar-refractivity contribution in [3.8, 4) is 0 Å². The second-order valence-electron chi connectivity index (χ2n) is 5.98. The molecule has 6 nitrogen and oxygen atoms in total. The van der Waals surface area contributed by atoms with Crippen LogP contribution in [-0.4, -0.2) is 62.7 Å². The molecule has 2 aliphatic heterocycles. The lowest BCUT2D eigenvalue weighted by Crippen LogP contribution is -2.60. The normalized spacial score (nSPS) is 25.4. The number of hydrogen-bond acceptors (Lipinski definition) is 4. The number of morpholine rings is 1. The molecular weight excluding hydrogens is 270 g/mol. The zero-order valence-electron chi connectivity index (χ0n) is 13.1. The summed E-state index contributed by atoms with van der Waals surface area (Å²) >= 11 is 0. The molecule has 0 saturated carbocycles. The van der Waals surface area contributed by atoms with Crippen molar-refractivity contribution in [2.45, 2.75) is 38.6 Å². The second-order valence-corrected chi connectivity index (χ2v) is 5.98. The Morgan fingerprint density at radius 2 is 2.10 bits per heavy atom. The van der Waals surface area contributed by atoms with Crippen molar-refractivity contribution in [3.05, 3.63) is 0 Å². The Kier molecular flexibility index (Phi) is 5.58. The van der Waals surface area contributed by atoms with E-state index in [1.807, 2.05) is 0 Å². The third kappa shape index (κ3) is 3.37. The summed E-state index contributed by atoms with van der Waals surface area (Å²) in [5, 5.41) is 5.97. The molecule has 1 unspecified atom stereocenters. The van der Waals surface area contributed by atoms with E-state index in [4.69, 9.17) is 4.74 Å². The number of rotatable bonds is 4. The van der Waals surface area contributed by atoms with Gasteiger partial charge in [-0.05, 0) is 32.4 Å². The quantitative estimate of drug-likeness (QED) is 0.774. The first-order chi connectivity index (χ1) is 10.1. The van der Waals surface area contributed by atoms with E-state index in [2.05, 4.69) is 17.6 Å². The molecule has 2 heterocycles. The number of carbonyl (C=O) groups is 2. The third-order valence-corrected chi connectivity index (χ3v) is 4.68. The van der Waals surface area contributed by atoms with Gasteiger partial charge in [-0.15, -0.1) is 0 Å². The van der Waals surface area contributed by atoms with Crippen molar-refractivity contribution in [2.75, 3.05) is 39.9 Å². The fourth-order valence-electron chi connectivity index (χ4n) is 3.49. The van der Waals surface area contributed by atoms with Gasteiger partial charge in [0.05, 0.1) is 18.6 Å². The molecule has 6 heteroatoms. The van der Waals surface area contributed by atoms with Gasteiger partial charge in [0.1, 0.15) is 6.04 Å². The standard InChI is InChI=1S/C15H27N3O3/c1-3-4-15(5-7-17-8-6-15)14(20)18-9-10-21-11-12(18)13(19)16-2/h12,17H,3-11H2,1-2H3,(H,16,19). The van der Waals surface area contributed by atoms with Crippen molar-refractivity contribution in [1.82, 2.24) is 15.5 Å². The van der Waals surface area contributed by atoms with E-state index in [0.717, 1.165) is 38.8 Å².